The maximum Gasteiger partial charge on any atom is 0.416 e. The van der Waals surface area contributed by atoms with Crippen molar-refractivity contribution in [3.63, 3.8) is 0 Å². The molecule has 6 aromatic carbocycles. The molecule has 3 amide bonds. The predicted molar refractivity (Wildman–Crippen MR) is 228 cm³/mol. The molecule has 0 radical (unpaired) electrons. The first-order valence-corrected chi connectivity index (χ1v) is 19.6. The van der Waals surface area contributed by atoms with E-state index in [1.54, 1.807) is 30.3 Å². The maximum atomic E-state index is 12.6. The molecule has 1 unspecified atom stereocenters. The van der Waals surface area contributed by atoms with E-state index in [1.807, 2.05) is 31.2 Å². The Hall–Kier alpha value is -7.08. The van der Waals surface area contributed by atoms with E-state index >= 15 is 0 Å². The van der Waals surface area contributed by atoms with E-state index in [0.717, 1.165) is 81.0 Å². The summed E-state index contributed by atoms with van der Waals surface area (Å²) < 4.78 is 118. The number of carbonyl (C=O) groups excluding carboxylic acids is 2. The van der Waals surface area contributed by atoms with E-state index in [4.69, 9.17) is 17.0 Å². The molecule has 5 N–H and O–H groups in total. The number of rotatable bonds is 3. The Morgan fingerprint density at radius 2 is 0.922 bits per heavy atom. The van der Waals surface area contributed by atoms with Crippen molar-refractivity contribution in [2.45, 2.75) is 44.6 Å². The van der Waals surface area contributed by atoms with Gasteiger partial charge in [-0.15, -0.1) is 0 Å². The molecule has 3 heterocycles. The summed E-state index contributed by atoms with van der Waals surface area (Å²) in [6.07, 6.45) is -13.5. The minimum absolute atomic E-state index is 0.148. The van der Waals surface area contributed by atoms with Crippen LogP contribution in [0.2, 0.25) is 0 Å². The fourth-order valence-corrected chi connectivity index (χ4v) is 7.07. The third-order valence-corrected chi connectivity index (χ3v) is 10.5. The van der Waals surface area contributed by atoms with Gasteiger partial charge in [0.1, 0.15) is 6.61 Å². The van der Waals surface area contributed by atoms with Crippen molar-refractivity contribution in [3.8, 4) is 33.4 Å². The Labute approximate surface area is 364 Å². The molecule has 3 aliphatic rings. The van der Waals surface area contributed by atoms with Crippen LogP contribution in [0.1, 0.15) is 46.3 Å². The molecule has 18 heteroatoms. The van der Waals surface area contributed by atoms with E-state index < -0.39 is 41.3 Å². The molecule has 9 rings (SSSR count). The normalized spacial score (nSPS) is 15.3. The number of carbonyl (C=O) groups is 2. The second-order valence-corrected chi connectivity index (χ2v) is 15.0. The molecule has 0 aromatic heterocycles. The van der Waals surface area contributed by atoms with Crippen LogP contribution in [0.3, 0.4) is 0 Å². The number of urea groups is 1. The van der Waals surface area contributed by atoms with Gasteiger partial charge in [-0.2, -0.15) is 39.5 Å². The third kappa shape index (κ3) is 10.7. The summed E-state index contributed by atoms with van der Waals surface area (Å²) in [5.41, 5.74) is 7.57. The number of anilines is 3. The molecule has 0 bridgehead atoms. The Kier molecular flexibility index (Phi) is 12.6. The van der Waals surface area contributed by atoms with Gasteiger partial charge in [0.05, 0.1) is 28.4 Å². The Morgan fingerprint density at radius 1 is 0.516 bits per heavy atom. The van der Waals surface area contributed by atoms with Crippen LogP contribution in [0, 0.1) is 0 Å². The van der Waals surface area contributed by atoms with Gasteiger partial charge in [-0.1, -0.05) is 54.6 Å². The summed E-state index contributed by atoms with van der Waals surface area (Å²) in [4.78, 5) is 22.5. The Balaban J connectivity index is 0.000000144. The maximum absolute atomic E-state index is 12.6. The highest BCUT2D eigenvalue weighted by Crippen LogP contribution is 2.36. The lowest BCUT2D eigenvalue weighted by Crippen LogP contribution is -2.36. The number of nitrogens with one attached hydrogen (secondary N) is 5. The van der Waals surface area contributed by atoms with Crippen molar-refractivity contribution in [3.05, 3.63) is 161 Å². The summed E-state index contributed by atoms with van der Waals surface area (Å²) in [6.45, 7) is 2.61. The molecule has 1 atom stereocenters. The minimum atomic E-state index is -4.34. The molecular weight excluding hydrogens is 874 g/mol. The van der Waals surface area contributed by atoms with E-state index in [9.17, 15) is 49.1 Å². The number of benzene rings is 6. The van der Waals surface area contributed by atoms with Crippen LogP contribution >= 0.6 is 12.2 Å². The van der Waals surface area contributed by atoms with Gasteiger partial charge in [-0.25, -0.2) is 9.59 Å². The Morgan fingerprint density at radius 3 is 1.39 bits per heavy atom. The quantitative estimate of drug-likeness (QED) is 0.0895. The smallest absolute Gasteiger partial charge is 0.416 e. The van der Waals surface area contributed by atoms with Gasteiger partial charge >= 0.3 is 30.7 Å². The van der Waals surface area contributed by atoms with Gasteiger partial charge in [-0.05, 0) is 136 Å². The van der Waals surface area contributed by atoms with Gasteiger partial charge in [0.2, 0.25) is 0 Å². The summed E-state index contributed by atoms with van der Waals surface area (Å²) in [5, 5.41) is 14.6. The zero-order valence-electron chi connectivity index (χ0n) is 33.2. The summed E-state index contributed by atoms with van der Waals surface area (Å²) in [6, 6.07) is 31.1. The highest BCUT2D eigenvalue weighted by molar-refractivity contribution is 7.80. The molecule has 8 nitrogen and oxygen atoms in total. The number of amides is 3. The summed E-state index contributed by atoms with van der Waals surface area (Å²) in [7, 11) is 0. The average molecular weight is 908 g/mol. The van der Waals surface area contributed by atoms with Crippen molar-refractivity contribution >= 4 is 46.5 Å². The first kappa shape index (κ1) is 45.0. The zero-order chi connectivity index (χ0) is 46.0. The average Bonchev–Trinajstić information content (AvgIpc) is 3.25. The second kappa shape index (κ2) is 18.0. The molecule has 0 saturated carbocycles. The lowest BCUT2D eigenvalue weighted by molar-refractivity contribution is -0.138. The molecule has 64 heavy (non-hydrogen) atoms. The van der Waals surface area contributed by atoms with Crippen molar-refractivity contribution < 1.29 is 53.8 Å². The van der Waals surface area contributed by atoms with E-state index in [-0.39, 0.29) is 18.7 Å². The van der Waals surface area contributed by atoms with Crippen LogP contribution in [-0.2, 0) is 36.4 Å². The predicted octanol–water partition coefficient (Wildman–Crippen LogP) is 13.2. The number of cyclic esters (lactones) is 1. The standard InChI is InChI=1S/C16H13F3N2O.C15H11F3N2S.C15H10F3NO2/c1-9-13-8-11(4-7-14(13)21-15(22)20-9)10-2-5-12(6-3-10)16(17,18)19;16-15(17,18)12-4-1-9(2-5-12)10-3-6-13-11(7-10)8-19-14(21)20-13;16-15(17,18)12-4-1-9(2-5-12)10-3-6-13-11(7-10)8-21-14(20)19-13/h2-9H,1H3,(H2,20,21,22);1-7H,8H2,(H2,19,20,21);1-7H,8H2,(H,19,20). The SMILES string of the molecule is CC1NC(=O)Nc2ccc(-c3ccc(C(F)(F)F)cc3)cc21.FC(F)(F)c1ccc(-c2ccc3c(c2)CNC(=S)N3)cc1.O=C1Nc2ccc(-c3ccc(C(F)(F)F)cc3)cc2CO1. The topological polar surface area (TPSA) is 104 Å². The number of ether oxygens (including phenoxy) is 1. The fourth-order valence-electron chi connectivity index (χ4n) is 6.89. The van der Waals surface area contributed by atoms with Crippen LogP contribution < -0.4 is 26.6 Å². The largest absolute Gasteiger partial charge is 0.444 e. The molecular formula is C46H34F9N5O3S. The Bertz CT molecular complexity index is 2580. The van der Waals surface area contributed by atoms with E-state index in [0.29, 0.717) is 34.2 Å². The van der Waals surface area contributed by atoms with Crippen LogP contribution in [0.5, 0.6) is 0 Å². The molecule has 0 fully saturated rings. The van der Waals surface area contributed by atoms with Gasteiger partial charge in [-0.3, -0.25) is 5.32 Å². The lowest BCUT2D eigenvalue weighted by atomic mass is 9.97. The van der Waals surface area contributed by atoms with Crippen LogP contribution in [0.25, 0.3) is 33.4 Å². The molecule has 3 aliphatic heterocycles. The van der Waals surface area contributed by atoms with Crippen molar-refractivity contribution in [2.24, 2.45) is 0 Å². The monoisotopic (exact) mass is 907 g/mol. The van der Waals surface area contributed by atoms with Gasteiger partial charge < -0.3 is 26.0 Å². The summed E-state index contributed by atoms with van der Waals surface area (Å²) in [5.74, 6) is 0. The van der Waals surface area contributed by atoms with E-state index in [2.05, 4.69) is 26.6 Å². The van der Waals surface area contributed by atoms with Crippen LogP contribution in [0.4, 0.5) is 66.2 Å². The number of hydrogen-bond donors (Lipinski definition) is 5. The molecule has 0 saturated heterocycles. The number of halogens is 9. The van der Waals surface area contributed by atoms with Crippen LogP contribution in [0.15, 0.2) is 127 Å². The van der Waals surface area contributed by atoms with Crippen LogP contribution in [-0.4, -0.2) is 17.2 Å². The number of fused-ring (bicyclic) bond motifs is 3. The van der Waals surface area contributed by atoms with Crippen molar-refractivity contribution in [2.75, 3.05) is 16.0 Å². The summed E-state index contributed by atoms with van der Waals surface area (Å²) >= 11 is 5.03. The molecule has 0 spiro atoms. The third-order valence-electron chi connectivity index (χ3n) is 10.2. The minimum Gasteiger partial charge on any atom is -0.444 e. The first-order valence-electron chi connectivity index (χ1n) is 19.2. The fraction of sp³-hybridized carbons (Fsp3) is 0.152. The van der Waals surface area contributed by atoms with Gasteiger partial charge in [0.25, 0.3) is 0 Å². The highest BCUT2D eigenvalue weighted by Gasteiger charge is 2.32. The second-order valence-electron chi connectivity index (χ2n) is 14.6. The first-order chi connectivity index (χ1) is 30.2. The van der Waals surface area contributed by atoms with Crippen molar-refractivity contribution in [1.82, 2.24) is 10.6 Å². The number of alkyl halides is 9. The van der Waals surface area contributed by atoms with E-state index in [1.165, 1.54) is 36.4 Å². The lowest BCUT2D eigenvalue weighted by Gasteiger charge is -2.25. The number of hydrogen-bond acceptors (Lipinski definition) is 4. The van der Waals surface area contributed by atoms with Crippen molar-refractivity contribution in [1.29, 1.82) is 0 Å². The highest BCUT2D eigenvalue weighted by atomic mass is 32.1. The molecule has 330 valence electrons. The molecule has 0 aliphatic carbocycles. The van der Waals surface area contributed by atoms with Gasteiger partial charge in [0, 0.05) is 23.5 Å². The van der Waals surface area contributed by atoms with Gasteiger partial charge in [0.15, 0.2) is 5.11 Å². The zero-order valence-corrected chi connectivity index (χ0v) is 34.0. The number of thiocarbonyl (C=S) groups is 1. The molecule has 6 aromatic rings.